The minimum absolute atomic E-state index is 0.996. The highest BCUT2D eigenvalue weighted by Gasteiger charge is 2.22. The van der Waals surface area contributed by atoms with Gasteiger partial charge in [-0.2, -0.15) is 0 Å². The summed E-state index contributed by atoms with van der Waals surface area (Å²) in [5.74, 6) is 0. The molecule has 1 aliphatic rings. The molecule has 0 amide bonds. The van der Waals surface area contributed by atoms with Crippen molar-refractivity contribution in [1.29, 1.82) is 0 Å². The van der Waals surface area contributed by atoms with Crippen LogP contribution in [0.25, 0.3) is 10.9 Å². The number of aryl methyl sites for hydroxylation is 2. The van der Waals surface area contributed by atoms with Gasteiger partial charge in [-0.25, -0.2) is 0 Å². The van der Waals surface area contributed by atoms with Gasteiger partial charge in [0.25, 0.3) is 0 Å². The van der Waals surface area contributed by atoms with E-state index in [9.17, 15) is 0 Å². The third-order valence-electron chi connectivity index (χ3n) is 4.54. The van der Waals surface area contributed by atoms with Crippen LogP contribution >= 0.6 is 0 Å². The smallest absolute Gasteiger partial charge is 0.0491 e. The Morgan fingerprint density at radius 1 is 0.950 bits per heavy atom. The molecule has 1 heterocycles. The first-order valence-electron chi connectivity index (χ1n) is 7.48. The Morgan fingerprint density at radius 3 is 2.65 bits per heavy atom. The van der Waals surface area contributed by atoms with Gasteiger partial charge < -0.3 is 4.57 Å². The van der Waals surface area contributed by atoms with Crippen LogP contribution in [0.5, 0.6) is 0 Å². The minimum Gasteiger partial charge on any atom is -0.340 e. The first-order valence-corrected chi connectivity index (χ1v) is 7.48. The number of benzene rings is 2. The van der Waals surface area contributed by atoms with E-state index in [-0.39, 0.29) is 0 Å². The molecule has 0 radical (unpaired) electrons. The van der Waals surface area contributed by atoms with Crippen molar-refractivity contribution >= 4 is 10.9 Å². The van der Waals surface area contributed by atoms with Crippen molar-refractivity contribution in [3.63, 3.8) is 0 Å². The summed E-state index contributed by atoms with van der Waals surface area (Å²) in [6.07, 6.45) is 3.79. The molecule has 100 valence electrons. The summed E-state index contributed by atoms with van der Waals surface area (Å²) in [6, 6.07) is 17.5. The average Bonchev–Trinajstić information content (AvgIpc) is 3.03. The fraction of sp³-hybridized carbons (Fsp3) is 0.263. The third kappa shape index (κ3) is 1.70. The van der Waals surface area contributed by atoms with Crippen LogP contribution in [-0.2, 0) is 19.4 Å². The second-order valence-electron chi connectivity index (χ2n) is 5.82. The predicted molar refractivity (Wildman–Crippen MR) is 84.2 cm³/mol. The highest BCUT2D eigenvalue weighted by Crippen LogP contribution is 2.35. The van der Waals surface area contributed by atoms with Crippen molar-refractivity contribution in [1.82, 2.24) is 4.57 Å². The molecule has 0 N–H and O–H groups in total. The van der Waals surface area contributed by atoms with Gasteiger partial charge in [-0.1, -0.05) is 42.5 Å². The third-order valence-corrected chi connectivity index (χ3v) is 4.54. The van der Waals surface area contributed by atoms with E-state index in [1.54, 1.807) is 11.3 Å². The summed E-state index contributed by atoms with van der Waals surface area (Å²) in [5, 5.41) is 1.51. The Hall–Kier alpha value is -2.02. The van der Waals surface area contributed by atoms with Crippen LogP contribution in [0.3, 0.4) is 0 Å². The van der Waals surface area contributed by atoms with E-state index in [0.29, 0.717) is 0 Å². The molecule has 0 saturated heterocycles. The maximum Gasteiger partial charge on any atom is 0.0491 e. The van der Waals surface area contributed by atoms with E-state index in [1.807, 2.05) is 0 Å². The van der Waals surface area contributed by atoms with Gasteiger partial charge in [0, 0.05) is 23.1 Å². The van der Waals surface area contributed by atoms with Crippen LogP contribution in [0.2, 0.25) is 0 Å². The van der Waals surface area contributed by atoms with Crippen LogP contribution in [0.1, 0.15) is 28.8 Å². The summed E-state index contributed by atoms with van der Waals surface area (Å²) >= 11 is 0. The second-order valence-corrected chi connectivity index (χ2v) is 5.82. The molecular weight excluding hydrogens is 242 g/mol. The molecule has 2 aromatic carbocycles. The quantitative estimate of drug-likeness (QED) is 0.640. The van der Waals surface area contributed by atoms with Crippen molar-refractivity contribution in [2.24, 2.45) is 0 Å². The van der Waals surface area contributed by atoms with Gasteiger partial charge >= 0.3 is 0 Å². The first-order chi connectivity index (χ1) is 9.84. The van der Waals surface area contributed by atoms with E-state index < -0.39 is 0 Å². The lowest BCUT2D eigenvalue weighted by Gasteiger charge is -2.10. The maximum absolute atomic E-state index is 2.54. The fourth-order valence-electron chi connectivity index (χ4n) is 3.66. The van der Waals surface area contributed by atoms with Gasteiger partial charge in [0.05, 0.1) is 0 Å². The van der Waals surface area contributed by atoms with Gasteiger partial charge in [-0.05, 0) is 48.9 Å². The fourth-order valence-corrected chi connectivity index (χ4v) is 3.66. The zero-order chi connectivity index (χ0) is 13.5. The van der Waals surface area contributed by atoms with Crippen LogP contribution in [0.15, 0.2) is 48.5 Å². The molecule has 4 rings (SSSR count). The number of aromatic nitrogens is 1. The molecule has 1 aliphatic carbocycles. The molecule has 3 aromatic rings. The van der Waals surface area contributed by atoms with E-state index in [0.717, 1.165) is 6.54 Å². The lowest BCUT2D eigenvalue weighted by atomic mass is 10.1. The molecule has 0 fully saturated rings. The monoisotopic (exact) mass is 261 g/mol. The normalized spacial score (nSPS) is 13.8. The van der Waals surface area contributed by atoms with Crippen LogP contribution in [0.4, 0.5) is 0 Å². The van der Waals surface area contributed by atoms with Crippen LogP contribution in [-0.4, -0.2) is 4.57 Å². The summed E-state index contributed by atoms with van der Waals surface area (Å²) in [7, 11) is 0. The van der Waals surface area contributed by atoms with Gasteiger partial charge in [0.1, 0.15) is 0 Å². The van der Waals surface area contributed by atoms with Crippen molar-refractivity contribution in [2.45, 2.75) is 32.7 Å². The molecule has 0 spiro atoms. The number of fused-ring (bicyclic) bond motifs is 3. The zero-order valence-electron chi connectivity index (χ0n) is 11.9. The van der Waals surface area contributed by atoms with Gasteiger partial charge in [0.2, 0.25) is 0 Å². The SMILES string of the molecule is Cc1cccc2c1c1c(n2Cc2ccccc2)CCC1. The van der Waals surface area contributed by atoms with Gasteiger partial charge in [-0.15, -0.1) is 0 Å². The van der Waals surface area contributed by atoms with Gasteiger partial charge in [0.15, 0.2) is 0 Å². The summed E-state index contributed by atoms with van der Waals surface area (Å²) < 4.78 is 2.54. The van der Waals surface area contributed by atoms with E-state index in [1.165, 1.54) is 41.3 Å². The Labute approximate surface area is 119 Å². The topological polar surface area (TPSA) is 4.93 Å². The first kappa shape index (κ1) is 11.8. The highest BCUT2D eigenvalue weighted by atomic mass is 15.0. The Bertz CT molecular complexity index is 765. The molecule has 0 bridgehead atoms. The molecule has 0 aliphatic heterocycles. The molecule has 1 aromatic heterocycles. The number of nitrogens with zero attached hydrogens (tertiary/aromatic N) is 1. The summed E-state index contributed by atoms with van der Waals surface area (Å²) in [6.45, 7) is 3.24. The molecule has 1 nitrogen and oxygen atoms in total. The maximum atomic E-state index is 2.54. The van der Waals surface area contributed by atoms with E-state index >= 15 is 0 Å². The van der Waals surface area contributed by atoms with Crippen molar-refractivity contribution in [2.75, 3.05) is 0 Å². The molecule has 0 atom stereocenters. The Kier molecular flexibility index (Phi) is 2.66. The zero-order valence-corrected chi connectivity index (χ0v) is 11.9. The van der Waals surface area contributed by atoms with E-state index in [2.05, 4.69) is 60.0 Å². The standard InChI is InChI=1S/C19H19N/c1-14-7-5-12-18-19(14)16-10-6-11-17(16)20(18)13-15-8-3-2-4-9-15/h2-5,7-9,12H,6,10-11,13H2,1H3. The van der Waals surface area contributed by atoms with Crippen LogP contribution < -0.4 is 0 Å². The Balaban J connectivity index is 1.93. The van der Waals surface area contributed by atoms with Crippen molar-refractivity contribution < 1.29 is 0 Å². The Morgan fingerprint density at radius 2 is 1.80 bits per heavy atom. The lowest BCUT2D eigenvalue weighted by Crippen LogP contribution is -2.03. The minimum atomic E-state index is 0.996. The predicted octanol–water partition coefficient (Wildman–Crippen LogP) is 4.49. The largest absolute Gasteiger partial charge is 0.340 e. The van der Waals surface area contributed by atoms with Crippen LogP contribution in [0, 0.1) is 6.92 Å². The van der Waals surface area contributed by atoms with Gasteiger partial charge in [-0.3, -0.25) is 0 Å². The molecule has 0 saturated carbocycles. The molecular formula is C19H19N. The number of rotatable bonds is 2. The molecule has 20 heavy (non-hydrogen) atoms. The number of hydrogen-bond acceptors (Lipinski definition) is 0. The van der Waals surface area contributed by atoms with E-state index in [4.69, 9.17) is 0 Å². The van der Waals surface area contributed by atoms with Crippen molar-refractivity contribution in [3.05, 3.63) is 70.9 Å². The second kappa shape index (κ2) is 4.52. The lowest BCUT2D eigenvalue weighted by molar-refractivity contribution is 0.766. The van der Waals surface area contributed by atoms with Crippen molar-refractivity contribution in [3.8, 4) is 0 Å². The summed E-state index contributed by atoms with van der Waals surface area (Å²) in [4.78, 5) is 0. The summed E-state index contributed by atoms with van der Waals surface area (Å²) in [5.41, 5.74) is 7.40. The molecule has 0 unspecified atom stereocenters. The highest BCUT2D eigenvalue weighted by molar-refractivity contribution is 5.89. The number of hydrogen-bond donors (Lipinski definition) is 0. The molecule has 1 heteroatoms. The average molecular weight is 261 g/mol.